The number of nitrogens with zero attached hydrogens (tertiary/aromatic N) is 2. The van der Waals surface area contributed by atoms with Gasteiger partial charge in [-0.1, -0.05) is 37.6 Å². The van der Waals surface area contributed by atoms with Crippen molar-refractivity contribution < 1.29 is 13.3 Å². The van der Waals surface area contributed by atoms with Crippen molar-refractivity contribution in [3.05, 3.63) is 74.8 Å². The van der Waals surface area contributed by atoms with Crippen LogP contribution in [-0.2, 0) is 10.0 Å². The maximum absolute atomic E-state index is 13.0. The van der Waals surface area contributed by atoms with Crippen LogP contribution in [0, 0.1) is 16.0 Å². The largest absolute Gasteiger partial charge is 0.378 e. The monoisotopic (exact) mass is 461 g/mol. The lowest BCUT2D eigenvalue weighted by molar-refractivity contribution is -0.384. The molecule has 0 aromatic heterocycles. The van der Waals surface area contributed by atoms with Gasteiger partial charge in [-0.25, -0.2) is 8.42 Å². The van der Waals surface area contributed by atoms with E-state index in [-0.39, 0.29) is 28.5 Å². The molecule has 0 amide bonds. The third-order valence-electron chi connectivity index (χ3n) is 6.20. The van der Waals surface area contributed by atoms with E-state index in [1.165, 1.54) is 16.4 Å². The molecule has 0 radical (unpaired) electrons. The highest BCUT2D eigenvalue weighted by molar-refractivity contribution is 7.89. The Hall–Kier alpha value is -2.42. The molecule has 0 saturated carbocycles. The number of nitro groups is 1. The van der Waals surface area contributed by atoms with Crippen LogP contribution in [-0.4, -0.2) is 30.7 Å². The number of halogens is 1. The Bertz CT molecular complexity index is 1160. The number of allylic oxidation sites excluding steroid dienone is 2. The molecule has 0 spiro atoms. The van der Waals surface area contributed by atoms with E-state index in [1.54, 1.807) is 24.3 Å². The van der Waals surface area contributed by atoms with Gasteiger partial charge in [-0.15, -0.1) is 0 Å². The van der Waals surface area contributed by atoms with Gasteiger partial charge >= 0.3 is 0 Å². The number of nitrogens with one attached hydrogen (secondary N) is 1. The van der Waals surface area contributed by atoms with Gasteiger partial charge < -0.3 is 5.32 Å². The molecule has 1 heterocycles. The van der Waals surface area contributed by atoms with Crippen LogP contribution >= 0.6 is 11.6 Å². The molecular weight excluding hydrogens is 438 g/mol. The van der Waals surface area contributed by atoms with E-state index in [9.17, 15) is 18.5 Å². The Morgan fingerprint density at radius 3 is 2.58 bits per heavy atom. The van der Waals surface area contributed by atoms with E-state index < -0.39 is 14.9 Å². The van der Waals surface area contributed by atoms with Gasteiger partial charge in [0, 0.05) is 47.4 Å². The lowest BCUT2D eigenvalue weighted by Gasteiger charge is -2.38. The summed E-state index contributed by atoms with van der Waals surface area (Å²) in [5.74, 6) is 0.0850. The molecule has 2 aromatic rings. The van der Waals surface area contributed by atoms with Crippen molar-refractivity contribution in [1.82, 2.24) is 4.31 Å². The lowest BCUT2D eigenvalue weighted by Crippen LogP contribution is -2.32. The second-order valence-corrected chi connectivity index (χ2v) is 10.1. The molecule has 0 saturated heterocycles. The molecule has 164 valence electrons. The second kappa shape index (κ2) is 8.26. The first kappa shape index (κ1) is 21.8. The fraction of sp³-hybridized carbons (Fsp3) is 0.364. The smallest absolute Gasteiger partial charge is 0.269 e. The normalized spacial score (nSPS) is 22.1. The molecule has 1 N–H and O–H groups in total. The molecule has 9 heteroatoms. The van der Waals surface area contributed by atoms with Crippen LogP contribution in [0.25, 0.3) is 0 Å². The average molecular weight is 462 g/mol. The van der Waals surface area contributed by atoms with Gasteiger partial charge in [-0.3, -0.25) is 10.1 Å². The Morgan fingerprint density at radius 2 is 1.90 bits per heavy atom. The number of non-ortho nitro benzene ring substituents is 1. The van der Waals surface area contributed by atoms with Crippen molar-refractivity contribution in [2.45, 2.75) is 37.1 Å². The van der Waals surface area contributed by atoms with E-state index in [4.69, 9.17) is 11.6 Å². The summed E-state index contributed by atoms with van der Waals surface area (Å²) in [4.78, 5) is 11.1. The van der Waals surface area contributed by atoms with Gasteiger partial charge in [0.1, 0.15) is 0 Å². The standard InChI is InChI=1S/C22H24ClN3O4S/c1-3-25(4-2)31(29,30)15-9-11-21-18(13-15)16-6-5-7-17(16)22(24-21)19-12-14(26(27)28)8-10-20(19)23/h5-6,8-13,16-17,22,24H,3-4,7H2,1-2H3. The first-order valence-electron chi connectivity index (χ1n) is 10.3. The zero-order valence-electron chi connectivity index (χ0n) is 17.3. The van der Waals surface area contributed by atoms with Gasteiger partial charge in [0.25, 0.3) is 5.69 Å². The van der Waals surface area contributed by atoms with Gasteiger partial charge in [-0.2, -0.15) is 4.31 Å². The summed E-state index contributed by atoms with van der Waals surface area (Å²) in [6.45, 7) is 4.47. The van der Waals surface area contributed by atoms with Crippen LogP contribution in [0.2, 0.25) is 5.02 Å². The van der Waals surface area contributed by atoms with Crippen LogP contribution in [0.1, 0.15) is 43.4 Å². The van der Waals surface area contributed by atoms with Crippen LogP contribution < -0.4 is 5.32 Å². The Morgan fingerprint density at radius 1 is 1.16 bits per heavy atom. The summed E-state index contributed by atoms with van der Waals surface area (Å²) in [6.07, 6.45) is 4.94. The third-order valence-corrected chi connectivity index (χ3v) is 8.59. The molecule has 3 unspecified atom stereocenters. The van der Waals surface area contributed by atoms with Crippen molar-refractivity contribution in [2.24, 2.45) is 5.92 Å². The van der Waals surface area contributed by atoms with E-state index in [2.05, 4.69) is 17.5 Å². The topological polar surface area (TPSA) is 92.5 Å². The summed E-state index contributed by atoms with van der Waals surface area (Å²) in [5, 5.41) is 15.2. The number of anilines is 1. The average Bonchev–Trinajstić information content (AvgIpc) is 3.24. The minimum absolute atomic E-state index is 0.00318. The fourth-order valence-electron chi connectivity index (χ4n) is 4.64. The van der Waals surface area contributed by atoms with Crippen LogP contribution in [0.3, 0.4) is 0 Å². The van der Waals surface area contributed by atoms with E-state index in [1.807, 2.05) is 13.8 Å². The highest BCUT2D eigenvalue weighted by atomic mass is 35.5. The molecule has 7 nitrogen and oxygen atoms in total. The molecule has 2 aliphatic rings. The maximum Gasteiger partial charge on any atom is 0.269 e. The number of rotatable bonds is 6. The van der Waals surface area contributed by atoms with Crippen molar-refractivity contribution in [3.8, 4) is 0 Å². The fourth-order valence-corrected chi connectivity index (χ4v) is 6.37. The Kier molecular flexibility index (Phi) is 5.81. The third kappa shape index (κ3) is 3.73. The van der Waals surface area contributed by atoms with E-state index in [0.717, 1.165) is 17.7 Å². The summed E-state index contributed by atoms with van der Waals surface area (Å²) < 4.78 is 27.5. The van der Waals surface area contributed by atoms with E-state index in [0.29, 0.717) is 23.7 Å². The summed E-state index contributed by atoms with van der Waals surface area (Å²) >= 11 is 6.44. The summed E-state index contributed by atoms with van der Waals surface area (Å²) in [6, 6.07) is 9.43. The van der Waals surface area contributed by atoms with Crippen molar-refractivity contribution in [1.29, 1.82) is 0 Å². The molecular formula is C22H24ClN3O4S. The number of fused-ring (bicyclic) bond motifs is 3. The predicted octanol–water partition coefficient (Wildman–Crippen LogP) is 5.11. The first-order valence-corrected chi connectivity index (χ1v) is 12.1. The Labute approximate surface area is 186 Å². The molecule has 1 aliphatic heterocycles. The van der Waals surface area contributed by atoms with Crippen molar-refractivity contribution in [3.63, 3.8) is 0 Å². The molecule has 31 heavy (non-hydrogen) atoms. The highest BCUT2D eigenvalue weighted by Crippen LogP contribution is 2.51. The van der Waals surface area contributed by atoms with Gasteiger partial charge in [0.15, 0.2) is 0 Å². The lowest BCUT2D eigenvalue weighted by atomic mass is 9.77. The Balaban J connectivity index is 1.77. The number of nitro benzene ring substituents is 1. The predicted molar refractivity (Wildman–Crippen MR) is 121 cm³/mol. The molecule has 1 aliphatic carbocycles. The maximum atomic E-state index is 13.0. The van der Waals surface area contributed by atoms with Crippen molar-refractivity contribution >= 4 is 33.0 Å². The van der Waals surface area contributed by atoms with Gasteiger partial charge in [0.2, 0.25) is 10.0 Å². The minimum atomic E-state index is -3.57. The highest BCUT2D eigenvalue weighted by Gasteiger charge is 2.40. The van der Waals surface area contributed by atoms with Crippen molar-refractivity contribution in [2.75, 3.05) is 18.4 Å². The summed E-state index contributed by atoms with van der Waals surface area (Å²) in [5.41, 5.74) is 2.42. The SMILES string of the molecule is CCN(CC)S(=O)(=O)c1ccc2c(c1)C1C=CCC1C(c1cc([N+](=O)[O-])ccc1Cl)N2. The zero-order chi connectivity index (χ0) is 22.3. The molecule has 0 bridgehead atoms. The number of benzene rings is 2. The molecule has 4 rings (SSSR count). The number of sulfonamides is 1. The summed E-state index contributed by atoms with van der Waals surface area (Å²) in [7, 11) is -3.57. The van der Waals surface area contributed by atoms with Gasteiger partial charge in [0.05, 0.1) is 15.9 Å². The molecule has 0 fully saturated rings. The second-order valence-electron chi connectivity index (χ2n) is 7.78. The zero-order valence-corrected chi connectivity index (χ0v) is 18.9. The van der Waals surface area contributed by atoms with E-state index >= 15 is 0 Å². The molecule has 3 atom stereocenters. The quantitative estimate of drug-likeness (QED) is 0.366. The van der Waals surface area contributed by atoms with Crippen LogP contribution in [0.15, 0.2) is 53.4 Å². The first-order chi connectivity index (χ1) is 14.8. The van der Waals surface area contributed by atoms with Crippen LogP contribution in [0.5, 0.6) is 0 Å². The van der Waals surface area contributed by atoms with Gasteiger partial charge in [-0.05, 0) is 42.2 Å². The number of hydrogen-bond donors (Lipinski definition) is 1. The number of hydrogen-bond acceptors (Lipinski definition) is 5. The van der Waals surface area contributed by atoms with Crippen LogP contribution in [0.4, 0.5) is 11.4 Å². The minimum Gasteiger partial charge on any atom is -0.378 e. The molecule has 2 aromatic carbocycles.